The van der Waals surface area contributed by atoms with Crippen molar-refractivity contribution in [3.8, 4) is 22.1 Å². The molecule has 2 N–H and O–H groups in total. The van der Waals surface area contributed by atoms with Gasteiger partial charge >= 0.3 is 0 Å². The fourth-order valence-corrected chi connectivity index (χ4v) is 4.39. The van der Waals surface area contributed by atoms with E-state index in [-0.39, 0.29) is 5.91 Å². The molecule has 31 heavy (non-hydrogen) atoms. The number of hydrogen-bond acceptors (Lipinski definition) is 6. The molecule has 1 aromatic heterocycles. The molecule has 0 radical (unpaired) electrons. The van der Waals surface area contributed by atoms with Crippen LogP contribution in [0.4, 0.5) is 11.4 Å². The van der Waals surface area contributed by atoms with Crippen molar-refractivity contribution in [3.05, 3.63) is 66.7 Å². The maximum Gasteiger partial charge on any atom is 0.246 e. The van der Waals surface area contributed by atoms with Gasteiger partial charge in [-0.15, -0.1) is 11.3 Å². The number of benzene rings is 3. The second-order valence-electron chi connectivity index (χ2n) is 7.28. The summed E-state index contributed by atoms with van der Waals surface area (Å²) in [5, 5.41) is 7.16. The molecule has 1 aliphatic heterocycles. The molecular formula is C24H21N3O3S. The zero-order valence-corrected chi connectivity index (χ0v) is 17.7. The van der Waals surface area contributed by atoms with Crippen LogP contribution in [0.5, 0.6) is 11.5 Å². The molecule has 1 amide bonds. The molecule has 2 heterocycles. The molecule has 0 saturated heterocycles. The van der Waals surface area contributed by atoms with Gasteiger partial charge in [0.2, 0.25) is 5.91 Å². The highest BCUT2D eigenvalue weighted by atomic mass is 32.1. The van der Waals surface area contributed by atoms with Gasteiger partial charge in [-0.3, -0.25) is 4.79 Å². The highest BCUT2D eigenvalue weighted by Crippen LogP contribution is 2.33. The van der Waals surface area contributed by atoms with Crippen molar-refractivity contribution in [1.82, 2.24) is 4.98 Å². The zero-order chi connectivity index (χ0) is 21.2. The molecule has 0 fully saturated rings. The molecule has 1 aliphatic rings. The lowest BCUT2D eigenvalue weighted by atomic mass is 10.2. The minimum atomic E-state index is -0.432. The number of anilines is 2. The second kappa shape index (κ2) is 8.28. The van der Waals surface area contributed by atoms with Crippen molar-refractivity contribution < 1.29 is 14.3 Å². The van der Waals surface area contributed by atoms with Crippen LogP contribution in [0, 0.1) is 0 Å². The van der Waals surface area contributed by atoms with E-state index in [1.165, 1.54) is 0 Å². The SMILES string of the molecule is C[C@@H](Nc1cccc(-c2nc3ccccc3s2)c1)C(=O)Nc1ccc2c(c1)OCCO2. The Bertz CT molecular complexity index is 1220. The summed E-state index contributed by atoms with van der Waals surface area (Å²) in [7, 11) is 0. The highest BCUT2D eigenvalue weighted by molar-refractivity contribution is 7.21. The van der Waals surface area contributed by atoms with Crippen molar-refractivity contribution >= 4 is 38.8 Å². The third-order valence-electron chi connectivity index (χ3n) is 4.99. The van der Waals surface area contributed by atoms with Gasteiger partial charge in [-0.1, -0.05) is 24.3 Å². The van der Waals surface area contributed by atoms with E-state index >= 15 is 0 Å². The molecule has 0 unspecified atom stereocenters. The summed E-state index contributed by atoms with van der Waals surface area (Å²) in [4.78, 5) is 17.4. The monoisotopic (exact) mass is 431 g/mol. The second-order valence-corrected chi connectivity index (χ2v) is 8.31. The van der Waals surface area contributed by atoms with Crippen molar-refractivity contribution in [3.63, 3.8) is 0 Å². The number of amides is 1. The Labute approximate surface area is 183 Å². The maximum absolute atomic E-state index is 12.7. The topological polar surface area (TPSA) is 72.5 Å². The fourth-order valence-electron chi connectivity index (χ4n) is 3.42. The van der Waals surface area contributed by atoms with Crippen LogP contribution in [0.2, 0.25) is 0 Å². The molecule has 1 atom stereocenters. The molecule has 0 saturated carbocycles. The number of ether oxygens (including phenoxy) is 2. The minimum Gasteiger partial charge on any atom is -0.486 e. The smallest absolute Gasteiger partial charge is 0.246 e. The quantitative estimate of drug-likeness (QED) is 0.456. The number of carbonyl (C=O) groups is 1. The van der Waals surface area contributed by atoms with Gasteiger partial charge in [0.1, 0.15) is 24.3 Å². The number of thiazole rings is 1. The van der Waals surface area contributed by atoms with E-state index in [0.717, 1.165) is 26.5 Å². The van der Waals surface area contributed by atoms with Crippen LogP contribution in [-0.4, -0.2) is 30.1 Å². The summed E-state index contributed by atoms with van der Waals surface area (Å²) >= 11 is 1.66. The Kier molecular flexibility index (Phi) is 5.18. The first-order valence-electron chi connectivity index (χ1n) is 10.1. The zero-order valence-electron chi connectivity index (χ0n) is 16.9. The summed E-state index contributed by atoms with van der Waals surface area (Å²) in [5.41, 5.74) is 3.55. The molecule has 0 aliphatic carbocycles. The number of aromatic nitrogens is 1. The van der Waals surface area contributed by atoms with E-state index in [9.17, 15) is 4.79 Å². The van der Waals surface area contributed by atoms with E-state index < -0.39 is 6.04 Å². The summed E-state index contributed by atoms with van der Waals surface area (Å²) in [6.45, 7) is 2.88. The summed E-state index contributed by atoms with van der Waals surface area (Å²) in [6, 6.07) is 21.0. The van der Waals surface area contributed by atoms with Gasteiger partial charge in [-0.05, 0) is 43.3 Å². The Morgan fingerprint density at radius 2 is 1.81 bits per heavy atom. The fraction of sp³-hybridized carbons (Fsp3) is 0.167. The molecule has 156 valence electrons. The predicted molar refractivity (Wildman–Crippen MR) is 124 cm³/mol. The number of fused-ring (bicyclic) bond motifs is 2. The number of nitrogens with one attached hydrogen (secondary N) is 2. The van der Waals surface area contributed by atoms with Gasteiger partial charge in [-0.25, -0.2) is 4.98 Å². The lowest BCUT2D eigenvalue weighted by molar-refractivity contribution is -0.116. The predicted octanol–water partition coefficient (Wildman–Crippen LogP) is 5.17. The van der Waals surface area contributed by atoms with Crippen LogP contribution < -0.4 is 20.1 Å². The van der Waals surface area contributed by atoms with E-state index in [0.29, 0.717) is 30.4 Å². The van der Waals surface area contributed by atoms with Crippen LogP contribution in [0.25, 0.3) is 20.8 Å². The molecule has 0 bridgehead atoms. The molecule has 3 aromatic carbocycles. The van der Waals surface area contributed by atoms with E-state index in [1.54, 1.807) is 17.4 Å². The first-order valence-corrected chi connectivity index (χ1v) is 10.9. The largest absolute Gasteiger partial charge is 0.486 e. The molecule has 4 aromatic rings. The molecule has 5 rings (SSSR count). The standard InChI is InChI=1S/C24H21N3O3S/c1-15(23(28)26-18-9-10-20-21(14-18)30-12-11-29-20)25-17-6-4-5-16(13-17)24-27-19-7-2-3-8-22(19)31-24/h2-10,13-15,25H,11-12H2,1H3,(H,26,28)/t15-/m1/s1. The minimum absolute atomic E-state index is 0.137. The summed E-state index contributed by atoms with van der Waals surface area (Å²) in [6.07, 6.45) is 0. The number of hydrogen-bond donors (Lipinski definition) is 2. The van der Waals surface area contributed by atoms with Crippen molar-refractivity contribution in [2.24, 2.45) is 0 Å². The number of para-hydroxylation sites is 1. The third kappa shape index (κ3) is 4.18. The molecule has 7 heteroatoms. The van der Waals surface area contributed by atoms with Crippen LogP contribution in [0.15, 0.2) is 66.7 Å². The maximum atomic E-state index is 12.7. The van der Waals surface area contributed by atoms with Crippen molar-refractivity contribution in [2.45, 2.75) is 13.0 Å². The van der Waals surface area contributed by atoms with Gasteiger partial charge in [0.15, 0.2) is 11.5 Å². The van der Waals surface area contributed by atoms with Gasteiger partial charge in [-0.2, -0.15) is 0 Å². The number of nitrogens with zero attached hydrogens (tertiary/aromatic N) is 1. The van der Waals surface area contributed by atoms with Gasteiger partial charge < -0.3 is 20.1 Å². The van der Waals surface area contributed by atoms with Gasteiger partial charge in [0.25, 0.3) is 0 Å². The normalized spacial score (nSPS) is 13.6. The first-order chi connectivity index (χ1) is 15.2. The lowest BCUT2D eigenvalue weighted by Gasteiger charge is -2.20. The molecule has 6 nitrogen and oxygen atoms in total. The molecular weight excluding hydrogens is 410 g/mol. The van der Waals surface area contributed by atoms with E-state index in [4.69, 9.17) is 14.5 Å². The van der Waals surface area contributed by atoms with Crippen molar-refractivity contribution in [1.29, 1.82) is 0 Å². The Morgan fingerprint density at radius 1 is 0.968 bits per heavy atom. The average Bonchev–Trinajstić information content (AvgIpc) is 3.23. The summed E-state index contributed by atoms with van der Waals surface area (Å²) in [5.74, 6) is 1.21. The van der Waals surface area contributed by atoms with Crippen LogP contribution in [0.3, 0.4) is 0 Å². The number of rotatable bonds is 5. The van der Waals surface area contributed by atoms with Gasteiger partial charge in [0.05, 0.1) is 10.2 Å². The van der Waals surface area contributed by atoms with Gasteiger partial charge in [0, 0.05) is 23.0 Å². The average molecular weight is 432 g/mol. The highest BCUT2D eigenvalue weighted by Gasteiger charge is 2.16. The van der Waals surface area contributed by atoms with E-state index in [2.05, 4.69) is 16.7 Å². The van der Waals surface area contributed by atoms with Crippen LogP contribution >= 0.6 is 11.3 Å². The Balaban J connectivity index is 1.28. The number of carbonyl (C=O) groups excluding carboxylic acids is 1. The lowest BCUT2D eigenvalue weighted by Crippen LogP contribution is -2.31. The molecule has 0 spiro atoms. The summed E-state index contributed by atoms with van der Waals surface area (Å²) < 4.78 is 12.3. The van der Waals surface area contributed by atoms with Crippen LogP contribution in [-0.2, 0) is 4.79 Å². The Hall–Kier alpha value is -3.58. The van der Waals surface area contributed by atoms with Crippen molar-refractivity contribution in [2.75, 3.05) is 23.8 Å². The Morgan fingerprint density at radius 3 is 2.68 bits per heavy atom. The van der Waals surface area contributed by atoms with Crippen LogP contribution in [0.1, 0.15) is 6.92 Å². The van der Waals surface area contributed by atoms with E-state index in [1.807, 2.05) is 61.5 Å². The third-order valence-corrected chi connectivity index (χ3v) is 6.08. The first kappa shape index (κ1) is 19.4.